The van der Waals surface area contributed by atoms with Crippen molar-refractivity contribution in [3.05, 3.63) is 35.4 Å². The molecule has 0 radical (unpaired) electrons. The van der Waals surface area contributed by atoms with E-state index in [0.717, 1.165) is 37.1 Å². The smallest absolute Gasteiger partial charge is 0.239 e. The number of nitrogens with zero attached hydrogens (tertiary/aromatic N) is 1. The van der Waals surface area contributed by atoms with E-state index >= 15 is 0 Å². The van der Waals surface area contributed by atoms with Crippen molar-refractivity contribution in [2.24, 2.45) is 11.5 Å². The molecule has 2 rings (SSSR count). The van der Waals surface area contributed by atoms with Gasteiger partial charge in [-0.05, 0) is 37.1 Å². The third-order valence-corrected chi connectivity index (χ3v) is 3.56. The molecule has 0 bridgehead atoms. The molecule has 1 aromatic rings. The Labute approximate surface area is 108 Å². The molecule has 1 amide bonds. The monoisotopic (exact) mass is 247 g/mol. The highest BCUT2D eigenvalue weighted by Gasteiger charge is 2.26. The molecule has 18 heavy (non-hydrogen) atoms. The summed E-state index contributed by atoms with van der Waals surface area (Å²) in [6, 6.07) is 7.57. The Hall–Kier alpha value is -1.39. The first-order valence-electron chi connectivity index (χ1n) is 6.54. The van der Waals surface area contributed by atoms with E-state index in [-0.39, 0.29) is 11.9 Å². The summed E-state index contributed by atoms with van der Waals surface area (Å²) in [4.78, 5) is 13.9. The topological polar surface area (TPSA) is 72.3 Å². The van der Waals surface area contributed by atoms with Crippen LogP contribution in [0.2, 0.25) is 0 Å². The molecule has 1 atom stereocenters. The molecule has 98 valence electrons. The lowest BCUT2D eigenvalue weighted by Crippen LogP contribution is -2.40. The lowest BCUT2D eigenvalue weighted by Gasteiger charge is -2.32. The fourth-order valence-corrected chi connectivity index (χ4v) is 2.57. The van der Waals surface area contributed by atoms with E-state index in [1.807, 2.05) is 24.3 Å². The molecule has 0 aromatic heterocycles. The Morgan fingerprint density at radius 3 is 2.28 bits per heavy atom. The van der Waals surface area contributed by atoms with E-state index in [1.165, 1.54) is 6.42 Å². The van der Waals surface area contributed by atoms with Gasteiger partial charge in [0.1, 0.15) is 6.04 Å². The van der Waals surface area contributed by atoms with Crippen molar-refractivity contribution in [3.8, 4) is 0 Å². The third kappa shape index (κ3) is 2.89. The molecule has 1 aliphatic rings. The number of carbonyl (C=O) groups excluding carboxylic acids is 1. The second kappa shape index (κ2) is 5.98. The van der Waals surface area contributed by atoms with E-state index in [2.05, 4.69) is 4.90 Å². The van der Waals surface area contributed by atoms with Crippen LogP contribution in [0.3, 0.4) is 0 Å². The third-order valence-electron chi connectivity index (χ3n) is 3.56. The molecular weight excluding hydrogens is 226 g/mol. The summed E-state index contributed by atoms with van der Waals surface area (Å²) in [6.45, 7) is 2.42. The molecule has 1 fully saturated rings. The highest BCUT2D eigenvalue weighted by molar-refractivity contribution is 5.81. The van der Waals surface area contributed by atoms with E-state index in [0.29, 0.717) is 6.54 Å². The van der Waals surface area contributed by atoms with Crippen LogP contribution in [0, 0.1) is 0 Å². The fourth-order valence-electron chi connectivity index (χ4n) is 2.57. The molecular formula is C14H21N3O. The van der Waals surface area contributed by atoms with Gasteiger partial charge in [0, 0.05) is 6.54 Å². The van der Waals surface area contributed by atoms with Crippen LogP contribution in [0.5, 0.6) is 0 Å². The maximum absolute atomic E-state index is 11.7. The van der Waals surface area contributed by atoms with E-state index < -0.39 is 0 Å². The normalized spacial score (nSPS) is 18.5. The second-order valence-electron chi connectivity index (χ2n) is 4.85. The van der Waals surface area contributed by atoms with Crippen molar-refractivity contribution in [2.75, 3.05) is 13.1 Å². The SMILES string of the molecule is NCc1ccc([C@@H](C(N)=O)N2CCCCC2)cc1. The van der Waals surface area contributed by atoms with Gasteiger partial charge in [-0.25, -0.2) is 0 Å². The van der Waals surface area contributed by atoms with E-state index in [1.54, 1.807) is 0 Å². The highest BCUT2D eigenvalue weighted by Crippen LogP contribution is 2.24. The second-order valence-corrected chi connectivity index (χ2v) is 4.85. The number of primary amides is 1. The predicted molar refractivity (Wildman–Crippen MR) is 71.7 cm³/mol. The van der Waals surface area contributed by atoms with Crippen molar-refractivity contribution in [2.45, 2.75) is 31.8 Å². The summed E-state index contributed by atoms with van der Waals surface area (Å²) in [5.74, 6) is -0.266. The summed E-state index contributed by atoms with van der Waals surface area (Å²) in [5, 5.41) is 0. The van der Waals surface area contributed by atoms with Crippen LogP contribution in [0.25, 0.3) is 0 Å². The van der Waals surface area contributed by atoms with Gasteiger partial charge in [-0.15, -0.1) is 0 Å². The standard InChI is InChI=1S/C14H21N3O/c15-10-11-4-6-12(7-5-11)13(14(16)18)17-8-2-1-3-9-17/h4-7,13H,1-3,8-10,15H2,(H2,16,18)/t13-/m0/s1. The van der Waals surface area contributed by atoms with Gasteiger partial charge in [0.25, 0.3) is 0 Å². The maximum Gasteiger partial charge on any atom is 0.239 e. The van der Waals surface area contributed by atoms with Crippen LogP contribution in [-0.4, -0.2) is 23.9 Å². The number of benzene rings is 1. The minimum Gasteiger partial charge on any atom is -0.368 e. The fraction of sp³-hybridized carbons (Fsp3) is 0.500. The van der Waals surface area contributed by atoms with Gasteiger partial charge in [0.05, 0.1) is 0 Å². The molecule has 1 saturated heterocycles. The summed E-state index contributed by atoms with van der Waals surface area (Å²) >= 11 is 0. The quantitative estimate of drug-likeness (QED) is 0.838. The zero-order valence-electron chi connectivity index (χ0n) is 10.6. The van der Waals surface area contributed by atoms with Crippen LogP contribution < -0.4 is 11.5 Å². The van der Waals surface area contributed by atoms with Gasteiger partial charge in [-0.1, -0.05) is 30.7 Å². The zero-order chi connectivity index (χ0) is 13.0. The minimum absolute atomic E-state index is 0.266. The first-order chi connectivity index (χ1) is 8.72. The number of hydrogen-bond acceptors (Lipinski definition) is 3. The Balaban J connectivity index is 2.20. The number of nitrogens with two attached hydrogens (primary N) is 2. The van der Waals surface area contributed by atoms with Crippen molar-refractivity contribution < 1.29 is 4.79 Å². The van der Waals surface area contributed by atoms with Crippen LogP contribution in [-0.2, 0) is 11.3 Å². The summed E-state index contributed by atoms with van der Waals surface area (Å²) in [6.07, 6.45) is 3.53. The Morgan fingerprint density at radius 1 is 1.17 bits per heavy atom. The minimum atomic E-state index is -0.294. The van der Waals surface area contributed by atoms with E-state index in [4.69, 9.17) is 11.5 Å². The molecule has 4 nitrogen and oxygen atoms in total. The van der Waals surface area contributed by atoms with E-state index in [9.17, 15) is 4.79 Å². The molecule has 4 N–H and O–H groups in total. The van der Waals surface area contributed by atoms with Crippen LogP contribution >= 0.6 is 0 Å². The summed E-state index contributed by atoms with van der Waals surface area (Å²) < 4.78 is 0. The van der Waals surface area contributed by atoms with Gasteiger partial charge < -0.3 is 11.5 Å². The van der Waals surface area contributed by atoms with Crippen molar-refractivity contribution in [1.82, 2.24) is 4.90 Å². The maximum atomic E-state index is 11.7. The van der Waals surface area contributed by atoms with Crippen LogP contribution in [0.1, 0.15) is 36.4 Å². The number of piperidine rings is 1. The average molecular weight is 247 g/mol. The lowest BCUT2D eigenvalue weighted by molar-refractivity contribution is -0.123. The number of hydrogen-bond donors (Lipinski definition) is 2. The molecule has 0 aliphatic carbocycles. The Morgan fingerprint density at radius 2 is 1.78 bits per heavy atom. The average Bonchev–Trinajstić information content (AvgIpc) is 2.40. The van der Waals surface area contributed by atoms with Crippen LogP contribution in [0.4, 0.5) is 0 Å². The van der Waals surface area contributed by atoms with Crippen molar-refractivity contribution in [3.63, 3.8) is 0 Å². The summed E-state index contributed by atoms with van der Waals surface area (Å²) in [5.41, 5.74) is 13.2. The predicted octanol–water partition coefficient (Wildman–Crippen LogP) is 1.16. The Bertz CT molecular complexity index is 396. The van der Waals surface area contributed by atoms with Crippen LogP contribution in [0.15, 0.2) is 24.3 Å². The first-order valence-corrected chi connectivity index (χ1v) is 6.54. The molecule has 1 aliphatic heterocycles. The largest absolute Gasteiger partial charge is 0.368 e. The zero-order valence-corrected chi connectivity index (χ0v) is 10.6. The number of carbonyl (C=O) groups is 1. The highest BCUT2D eigenvalue weighted by atomic mass is 16.1. The van der Waals surface area contributed by atoms with Gasteiger partial charge in [0.15, 0.2) is 0 Å². The van der Waals surface area contributed by atoms with Gasteiger partial charge in [-0.2, -0.15) is 0 Å². The van der Waals surface area contributed by atoms with Gasteiger partial charge >= 0.3 is 0 Å². The molecule has 0 unspecified atom stereocenters. The molecule has 1 aromatic carbocycles. The molecule has 1 heterocycles. The first kappa shape index (κ1) is 13.1. The van der Waals surface area contributed by atoms with Crippen molar-refractivity contribution >= 4 is 5.91 Å². The number of amides is 1. The summed E-state index contributed by atoms with van der Waals surface area (Å²) in [7, 11) is 0. The molecule has 0 saturated carbocycles. The number of rotatable bonds is 4. The molecule has 4 heteroatoms. The van der Waals surface area contributed by atoms with Crippen molar-refractivity contribution in [1.29, 1.82) is 0 Å². The van der Waals surface area contributed by atoms with Gasteiger partial charge in [0.2, 0.25) is 5.91 Å². The molecule has 0 spiro atoms. The lowest BCUT2D eigenvalue weighted by atomic mass is 10.00. The van der Waals surface area contributed by atoms with Gasteiger partial charge in [-0.3, -0.25) is 9.69 Å². The number of likely N-dealkylation sites (tertiary alicyclic amines) is 1. The Kier molecular flexibility index (Phi) is 4.33.